The number of benzene rings is 2. The van der Waals surface area contributed by atoms with E-state index in [0.717, 1.165) is 63.6 Å². The zero-order chi connectivity index (χ0) is 17.4. The van der Waals surface area contributed by atoms with E-state index >= 15 is 0 Å². The number of nitrogens with zero attached hydrogens (tertiary/aromatic N) is 1. The number of hydrogen-bond donors (Lipinski definition) is 1. The molecule has 3 aliphatic rings. The molecule has 0 saturated heterocycles. The first kappa shape index (κ1) is 14.2. The van der Waals surface area contributed by atoms with Gasteiger partial charge in [-0.05, 0) is 23.8 Å². The van der Waals surface area contributed by atoms with E-state index < -0.39 is 6.29 Å². The fourth-order valence-corrected chi connectivity index (χ4v) is 4.11. The molecule has 1 N–H and O–H groups in total. The highest BCUT2D eigenvalue weighted by atomic mass is 16.7. The predicted octanol–water partition coefficient (Wildman–Crippen LogP) is 2.47. The molecule has 26 heavy (non-hydrogen) atoms. The van der Waals surface area contributed by atoms with Crippen molar-refractivity contribution in [3.05, 3.63) is 41.6 Å². The van der Waals surface area contributed by atoms with Crippen LogP contribution in [0.5, 0.6) is 23.0 Å². The van der Waals surface area contributed by atoms with Crippen LogP contribution in [-0.4, -0.2) is 19.0 Å². The lowest BCUT2D eigenvalue weighted by Gasteiger charge is -2.29. The van der Waals surface area contributed by atoms with Gasteiger partial charge >= 0.3 is 0 Å². The molecular weight excluding hydrogens is 334 g/mol. The highest BCUT2D eigenvalue weighted by Gasteiger charge is 2.34. The number of pyridine rings is 1. The van der Waals surface area contributed by atoms with Gasteiger partial charge in [0.05, 0.1) is 23.6 Å². The Morgan fingerprint density at radius 1 is 1.12 bits per heavy atom. The van der Waals surface area contributed by atoms with Crippen molar-refractivity contribution in [3.8, 4) is 34.3 Å². The summed E-state index contributed by atoms with van der Waals surface area (Å²) in [7, 11) is 1.65. The quantitative estimate of drug-likeness (QED) is 0.683. The van der Waals surface area contributed by atoms with Crippen LogP contribution in [0, 0.1) is 0 Å². The third-order valence-corrected chi connectivity index (χ3v) is 5.44. The predicted molar refractivity (Wildman–Crippen MR) is 91.5 cm³/mol. The van der Waals surface area contributed by atoms with Crippen LogP contribution >= 0.6 is 0 Å². The van der Waals surface area contributed by atoms with E-state index in [0.29, 0.717) is 0 Å². The number of ether oxygens (including phenoxy) is 4. The molecule has 0 amide bonds. The third kappa shape index (κ3) is 1.72. The SMILES string of the molecule is COc1cc2c(c3cc4[n+](cc13)CCc1cc3c(cc1-4)OCO3)OC2O. The fraction of sp³-hybridized carbons (Fsp3) is 0.250. The van der Waals surface area contributed by atoms with E-state index in [1.165, 1.54) is 5.56 Å². The summed E-state index contributed by atoms with van der Waals surface area (Å²) < 4.78 is 24.4. The van der Waals surface area contributed by atoms with Crippen LogP contribution in [0.15, 0.2) is 30.5 Å². The van der Waals surface area contributed by atoms with Gasteiger partial charge in [-0.1, -0.05) is 0 Å². The van der Waals surface area contributed by atoms with Crippen molar-refractivity contribution in [2.45, 2.75) is 19.3 Å². The molecule has 1 aromatic heterocycles. The van der Waals surface area contributed by atoms with Crippen molar-refractivity contribution in [2.75, 3.05) is 13.9 Å². The first-order valence-electron chi connectivity index (χ1n) is 8.58. The molecule has 2 aromatic carbocycles. The number of aromatic nitrogens is 1. The van der Waals surface area contributed by atoms with Crippen molar-refractivity contribution in [2.24, 2.45) is 0 Å². The second-order valence-corrected chi connectivity index (χ2v) is 6.76. The van der Waals surface area contributed by atoms with Crippen LogP contribution in [0.2, 0.25) is 0 Å². The zero-order valence-electron chi connectivity index (χ0n) is 14.1. The summed E-state index contributed by atoms with van der Waals surface area (Å²) in [5.74, 6) is 3.07. The summed E-state index contributed by atoms with van der Waals surface area (Å²) >= 11 is 0. The zero-order valence-corrected chi connectivity index (χ0v) is 14.1. The van der Waals surface area contributed by atoms with E-state index in [-0.39, 0.29) is 6.79 Å². The average molecular weight is 350 g/mol. The molecule has 1 unspecified atom stereocenters. The number of hydrogen-bond acceptors (Lipinski definition) is 5. The van der Waals surface area contributed by atoms with Gasteiger partial charge in [0.15, 0.2) is 24.2 Å². The number of aliphatic hydroxyl groups excluding tert-OH is 1. The Balaban J connectivity index is 1.64. The van der Waals surface area contributed by atoms with Gasteiger partial charge in [0.1, 0.15) is 11.5 Å². The monoisotopic (exact) mass is 350 g/mol. The second kappa shape index (κ2) is 4.80. The molecule has 0 fully saturated rings. The van der Waals surface area contributed by atoms with E-state index in [4.69, 9.17) is 18.9 Å². The Morgan fingerprint density at radius 3 is 2.77 bits per heavy atom. The molecule has 4 heterocycles. The third-order valence-electron chi connectivity index (χ3n) is 5.44. The standard InChI is InChI=1S/C20H16NO5/c1-23-16-7-13-19(26-20(13)22)12-5-15-11-6-18-17(24-9-25-18)4-10(11)2-3-21(15)8-14(12)16/h4-8,20,22H,2-3,9H2,1H3/q+1. The van der Waals surface area contributed by atoms with Crippen LogP contribution in [0.25, 0.3) is 22.0 Å². The first-order valence-corrected chi connectivity index (χ1v) is 8.58. The van der Waals surface area contributed by atoms with Gasteiger partial charge in [-0.25, -0.2) is 0 Å². The van der Waals surface area contributed by atoms with Crippen molar-refractivity contribution in [1.82, 2.24) is 0 Å². The maximum atomic E-state index is 9.87. The lowest BCUT2D eigenvalue weighted by atomic mass is 9.93. The van der Waals surface area contributed by atoms with Crippen LogP contribution in [0.4, 0.5) is 0 Å². The highest BCUT2D eigenvalue weighted by molar-refractivity contribution is 5.96. The Kier molecular flexibility index (Phi) is 2.62. The molecular formula is C20H16NO5+. The molecule has 6 nitrogen and oxygen atoms in total. The molecule has 0 saturated carbocycles. The van der Waals surface area contributed by atoms with Gasteiger partial charge in [-0.15, -0.1) is 0 Å². The van der Waals surface area contributed by atoms with Crippen LogP contribution in [0.1, 0.15) is 17.4 Å². The summed E-state index contributed by atoms with van der Waals surface area (Å²) in [6.45, 7) is 1.15. The van der Waals surface area contributed by atoms with E-state index in [1.807, 2.05) is 6.07 Å². The smallest absolute Gasteiger partial charge is 0.231 e. The van der Waals surface area contributed by atoms with Crippen molar-refractivity contribution >= 4 is 10.8 Å². The number of methoxy groups -OCH3 is 1. The molecule has 3 aliphatic heterocycles. The van der Waals surface area contributed by atoms with Gasteiger partial charge in [-0.2, -0.15) is 4.57 Å². The molecule has 0 bridgehead atoms. The van der Waals surface area contributed by atoms with Gasteiger partial charge in [0.25, 0.3) is 0 Å². The summed E-state index contributed by atoms with van der Waals surface area (Å²) in [5, 5.41) is 11.8. The van der Waals surface area contributed by atoms with Crippen molar-refractivity contribution in [1.29, 1.82) is 0 Å². The largest absolute Gasteiger partial charge is 0.496 e. The molecule has 6 heteroatoms. The van der Waals surface area contributed by atoms with Crippen molar-refractivity contribution < 1.29 is 28.6 Å². The Hall–Kier alpha value is -2.99. The second-order valence-electron chi connectivity index (χ2n) is 6.76. The molecule has 0 radical (unpaired) electrons. The van der Waals surface area contributed by atoms with E-state index in [1.54, 1.807) is 7.11 Å². The summed E-state index contributed by atoms with van der Waals surface area (Å²) in [5.41, 5.74) is 4.24. The minimum Gasteiger partial charge on any atom is -0.496 e. The number of rotatable bonds is 1. The van der Waals surface area contributed by atoms with Gasteiger partial charge in [0, 0.05) is 17.9 Å². The van der Waals surface area contributed by atoms with Gasteiger partial charge in [0.2, 0.25) is 18.8 Å². The molecule has 6 rings (SSSR count). The summed E-state index contributed by atoms with van der Waals surface area (Å²) in [6, 6.07) is 8.10. The molecule has 1 atom stereocenters. The minimum absolute atomic E-state index is 0.270. The molecule has 0 aliphatic carbocycles. The first-order chi connectivity index (χ1) is 12.7. The fourth-order valence-electron chi connectivity index (χ4n) is 4.11. The van der Waals surface area contributed by atoms with Gasteiger partial charge < -0.3 is 24.1 Å². The topological polar surface area (TPSA) is 61.0 Å². The number of aliphatic hydroxyl groups is 1. The Morgan fingerprint density at radius 2 is 1.96 bits per heavy atom. The minimum atomic E-state index is -0.881. The maximum absolute atomic E-state index is 9.87. The lowest BCUT2D eigenvalue weighted by molar-refractivity contribution is -0.686. The van der Waals surface area contributed by atoms with Crippen LogP contribution in [-0.2, 0) is 13.0 Å². The average Bonchev–Trinajstić information content (AvgIpc) is 3.11. The Bertz CT molecular complexity index is 1110. The van der Waals surface area contributed by atoms with Crippen LogP contribution in [0.3, 0.4) is 0 Å². The Labute approximate surface area is 149 Å². The summed E-state index contributed by atoms with van der Waals surface area (Å²) in [6.07, 6.45) is 2.15. The molecule has 130 valence electrons. The lowest BCUT2D eigenvalue weighted by Crippen LogP contribution is -2.40. The number of aryl methyl sites for hydroxylation is 2. The van der Waals surface area contributed by atoms with E-state index in [9.17, 15) is 5.11 Å². The normalized spacial score (nSPS) is 18.5. The summed E-state index contributed by atoms with van der Waals surface area (Å²) in [4.78, 5) is 0. The molecule has 0 spiro atoms. The van der Waals surface area contributed by atoms with Gasteiger partial charge in [-0.3, -0.25) is 0 Å². The van der Waals surface area contributed by atoms with Crippen molar-refractivity contribution in [3.63, 3.8) is 0 Å². The van der Waals surface area contributed by atoms with E-state index in [2.05, 4.69) is 29.0 Å². The van der Waals surface area contributed by atoms with Crippen LogP contribution < -0.4 is 23.5 Å². The molecule has 3 aromatic rings. The number of fused-ring (bicyclic) bond motifs is 7. The maximum Gasteiger partial charge on any atom is 0.231 e. The highest BCUT2D eigenvalue weighted by Crippen LogP contribution is 2.48.